The van der Waals surface area contributed by atoms with Crippen molar-refractivity contribution >= 4 is 20.7 Å². The Hall–Kier alpha value is -4.22. The number of benzene rings is 2. The van der Waals surface area contributed by atoms with E-state index in [9.17, 15) is 13.2 Å². The van der Waals surface area contributed by atoms with E-state index in [1.165, 1.54) is 10.6 Å². The van der Waals surface area contributed by atoms with E-state index in [0.717, 1.165) is 30.2 Å². The summed E-state index contributed by atoms with van der Waals surface area (Å²) in [5, 5.41) is 4.77. The minimum atomic E-state index is -3.53. The van der Waals surface area contributed by atoms with Gasteiger partial charge in [-0.15, -0.1) is 0 Å². The molecule has 11 heteroatoms. The van der Waals surface area contributed by atoms with E-state index in [2.05, 4.69) is 15.1 Å². The standard InChI is InChI=1S/C30H30N4O6S/c1-17-6-5-7-18(2)27(17)39-25-9-8-20(41(4,36)37)14-21(25)23-16-34(3)30(35)26-22(23)15-24(31-26)29-32-28(33-40-29)19-10-12-38-13-11-19/h5-9,14-16,19,31H,10-13H2,1-4H3. The molecule has 1 aliphatic rings. The molecular formula is C30H30N4O6S. The van der Waals surface area contributed by atoms with Gasteiger partial charge in [0.15, 0.2) is 15.7 Å². The Morgan fingerprint density at radius 1 is 1.05 bits per heavy atom. The van der Waals surface area contributed by atoms with Gasteiger partial charge < -0.3 is 23.5 Å². The Balaban J connectivity index is 1.52. The monoisotopic (exact) mass is 574 g/mol. The van der Waals surface area contributed by atoms with Crippen molar-refractivity contribution in [3.63, 3.8) is 0 Å². The molecule has 3 aromatic heterocycles. The van der Waals surface area contributed by atoms with E-state index in [4.69, 9.17) is 14.0 Å². The van der Waals surface area contributed by atoms with Crippen molar-refractivity contribution in [2.75, 3.05) is 19.5 Å². The molecular weight excluding hydrogens is 544 g/mol. The fourth-order valence-electron chi connectivity index (χ4n) is 5.24. The maximum Gasteiger partial charge on any atom is 0.274 e. The maximum atomic E-state index is 13.2. The number of pyridine rings is 1. The molecule has 212 valence electrons. The van der Waals surface area contributed by atoms with E-state index in [-0.39, 0.29) is 22.3 Å². The zero-order valence-electron chi connectivity index (χ0n) is 23.2. The van der Waals surface area contributed by atoms with Crippen LogP contribution in [0.3, 0.4) is 0 Å². The van der Waals surface area contributed by atoms with Gasteiger partial charge in [-0.2, -0.15) is 4.98 Å². The highest BCUT2D eigenvalue weighted by molar-refractivity contribution is 7.90. The number of aryl methyl sites for hydroxylation is 3. The number of hydrogen-bond acceptors (Lipinski definition) is 8. The molecule has 4 heterocycles. The van der Waals surface area contributed by atoms with Crippen molar-refractivity contribution in [1.82, 2.24) is 19.7 Å². The summed E-state index contributed by atoms with van der Waals surface area (Å²) in [5.41, 5.74) is 3.58. The first-order valence-electron chi connectivity index (χ1n) is 13.3. The van der Waals surface area contributed by atoms with Gasteiger partial charge in [-0.1, -0.05) is 23.4 Å². The Bertz CT molecular complexity index is 1930. The van der Waals surface area contributed by atoms with Gasteiger partial charge in [0.2, 0.25) is 0 Å². The molecule has 0 radical (unpaired) electrons. The molecule has 1 saturated heterocycles. The molecule has 6 rings (SSSR count). The van der Waals surface area contributed by atoms with Crippen LogP contribution in [0, 0.1) is 13.8 Å². The molecule has 2 aromatic carbocycles. The average molecular weight is 575 g/mol. The molecule has 0 spiro atoms. The predicted octanol–water partition coefficient (Wildman–Crippen LogP) is 5.29. The van der Waals surface area contributed by atoms with Crippen LogP contribution in [0.4, 0.5) is 0 Å². The van der Waals surface area contributed by atoms with Crippen molar-refractivity contribution in [2.24, 2.45) is 7.05 Å². The van der Waals surface area contributed by atoms with Crippen LogP contribution in [0.1, 0.15) is 35.7 Å². The Kier molecular flexibility index (Phi) is 6.79. The molecule has 0 unspecified atom stereocenters. The highest BCUT2D eigenvalue weighted by Crippen LogP contribution is 2.40. The number of nitrogens with zero attached hydrogens (tertiary/aromatic N) is 3. The highest BCUT2D eigenvalue weighted by atomic mass is 32.2. The summed E-state index contributed by atoms with van der Waals surface area (Å²) in [6.07, 6.45) is 4.48. The van der Waals surface area contributed by atoms with Gasteiger partial charge in [0, 0.05) is 55.1 Å². The molecule has 41 heavy (non-hydrogen) atoms. The van der Waals surface area contributed by atoms with E-state index < -0.39 is 9.84 Å². The minimum absolute atomic E-state index is 0.136. The molecule has 1 fully saturated rings. The molecule has 10 nitrogen and oxygen atoms in total. The molecule has 0 aliphatic carbocycles. The number of para-hydroxylation sites is 1. The van der Waals surface area contributed by atoms with Crippen molar-refractivity contribution in [2.45, 2.75) is 37.5 Å². The summed E-state index contributed by atoms with van der Waals surface area (Å²) in [6, 6.07) is 12.4. The van der Waals surface area contributed by atoms with Crippen LogP contribution in [0.5, 0.6) is 11.5 Å². The number of nitrogens with one attached hydrogen (secondary N) is 1. The lowest BCUT2D eigenvalue weighted by atomic mass is 10.00. The summed E-state index contributed by atoms with van der Waals surface area (Å²) < 4.78 is 44.1. The van der Waals surface area contributed by atoms with E-state index >= 15 is 0 Å². The number of sulfone groups is 1. The Morgan fingerprint density at radius 3 is 2.49 bits per heavy atom. The average Bonchev–Trinajstić information content (AvgIpc) is 3.61. The third-order valence-corrected chi connectivity index (χ3v) is 8.62. The predicted molar refractivity (Wildman–Crippen MR) is 154 cm³/mol. The lowest BCUT2D eigenvalue weighted by molar-refractivity contribution is 0.0830. The summed E-state index contributed by atoms with van der Waals surface area (Å²) in [6.45, 7) is 5.21. The highest BCUT2D eigenvalue weighted by Gasteiger charge is 2.24. The molecule has 1 aliphatic heterocycles. The Labute approximate surface area is 236 Å². The van der Waals surface area contributed by atoms with Gasteiger partial charge in [-0.25, -0.2) is 8.42 Å². The van der Waals surface area contributed by atoms with Crippen molar-refractivity contribution in [1.29, 1.82) is 0 Å². The first-order chi connectivity index (χ1) is 19.6. The zero-order chi connectivity index (χ0) is 28.9. The second-order valence-corrected chi connectivity index (χ2v) is 12.5. The van der Waals surface area contributed by atoms with Crippen molar-refractivity contribution < 1.29 is 22.4 Å². The fraction of sp³-hybridized carbons (Fsp3) is 0.300. The first-order valence-corrected chi connectivity index (χ1v) is 15.2. The number of aromatic amines is 1. The largest absolute Gasteiger partial charge is 0.456 e. The van der Waals surface area contributed by atoms with Crippen molar-refractivity contribution in [3.05, 3.63) is 76.0 Å². The van der Waals surface area contributed by atoms with Crippen LogP contribution in [-0.2, 0) is 21.6 Å². The molecule has 0 atom stereocenters. The van der Waals surface area contributed by atoms with Crippen LogP contribution in [-0.4, -0.2) is 47.6 Å². The summed E-state index contributed by atoms with van der Waals surface area (Å²) in [7, 11) is -1.88. The van der Waals surface area contributed by atoms with Crippen LogP contribution >= 0.6 is 0 Å². The van der Waals surface area contributed by atoms with Gasteiger partial charge in [-0.3, -0.25) is 4.79 Å². The van der Waals surface area contributed by atoms with Gasteiger partial charge >= 0.3 is 0 Å². The summed E-state index contributed by atoms with van der Waals surface area (Å²) >= 11 is 0. The number of hydrogen-bond donors (Lipinski definition) is 1. The minimum Gasteiger partial charge on any atom is -0.456 e. The number of H-pyrrole nitrogens is 1. The third kappa shape index (κ3) is 5.07. The van der Waals surface area contributed by atoms with E-state index in [1.807, 2.05) is 32.0 Å². The fourth-order valence-corrected chi connectivity index (χ4v) is 5.89. The third-order valence-electron chi connectivity index (χ3n) is 7.51. The molecule has 0 saturated carbocycles. The summed E-state index contributed by atoms with van der Waals surface area (Å²) in [4.78, 5) is 21.1. The first kappa shape index (κ1) is 27.0. The molecule has 1 N–H and O–H groups in total. The second kappa shape index (κ2) is 10.3. The second-order valence-electron chi connectivity index (χ2n) is 10.5. The van der Waals surface area contributed by atoms with Gasteiger partial charge in [-0.05, 0) is 62.1 Å². The molecule has 5 aromatic rings. The quantitative estimate of drug-likeness (QED) is 0.290. The van der Waals surface area contributed by atoms with Crippen LogP contribution < -0.4 is 10.3 Å². The van der Waals surface area contributed by atoms with Gasteiger partial charge in [0.1, 0.15) is 22.7 Å². The topological polar surface area (TPSA) is 129 Å². The van der Waals surface area contributed by atoms with Crippen LogP contribution in [0.25, 0.3) is 33.6 Å². The zero-order valence-corrected chi connectivity index (χ0v) is 24.0. The normalized spacial score (nSPS) is 14.5. The lowest BCUT2D eigenvalue weighted by Crippen LogP contribution is -2.16. The van der Waals surface area contributed by atoms with Crippen LogP contribution in [0.15, 0.2) is 62.9 Å². The van der Waals surface area contributed by atoms with E-state index in [1.54, 1.807) is 31.4 Å². The molecule has 0 bridgehead atoms. The van der Waals surface area contributed by atoms with Gasteiger partial charge in [0.05, 0.1) is 4.90 Å². The summed E-state index contributed by atoms with van der Waals surface area (Å²) in [5.74, 6) is 2.17. The van der Waals surface area contributed by atoms with Crippen LogP contribution in [0.2, 0.25) is 0 Å². The number of fused-ring (bicyclic) bond motifs is 1. The number of rotatable bonds is 6. The SMILES string of the molecule is Cc1cccc(C)c1Oc1ccc(S(C)(=O)=O)cc1-c1cn(C)c(=O)c2[nH]c(-c3nc(C4CCOCC4)no3)cc12. The molecule has 0 amide bonds. The van der Waals surface area contributed by atoms with Gasteiger partial charge in [0.25, 0.3) is 11.4 Å². The number of ether oxygens (including phenoxy) is 2. The lowest BCUT2D eigenvalue weighted by Gasteiger charge is -2.18. The smallest absolute Gasteiger partial charge is 0.274 e. The maximum absolute atomic E-state index is 13.2. The van der Waals surface area contributed by atoms with E-state index in [0.29, 0.717) is 58.3 Å². The Morgan fingerprint density at radius 2 is 1.78 bits per heavy atom. The van der Waals surface area contributed by atoms with Crippen molar-refractivity contribution in [3.8, 4) is 34.2 Å². The number of aromatic nitrogens is 4.